The van der Waals surface area contributed by atoms with E-state index in [4.69, 9.17) is 9.15 Å². The van der Waals surface area contributed by atoms with Gasteiger partial charge in [0.1, 0.15) is 0 Å². The van der Waals surface area contributed by atoms with Crippen LogP contribution in [0.4, 0.5) is 6.01 Å². The van der Waals surface area contributed by atoms with Gasteiger partial charge in [0.05, 0.1) is 13.2 Å². The van der Waals surface area contributed by atoms with Crippen LogP contribution in [0.5, 0.6) is 0 Å². The van der Waals surface area contributed by atoms with E-state index in [2.05, 4.69) is 48.1 Å². The highest BCUT2D eigenvalue weighted by atomic mass is 16.5. The van der Waals surface area contributed by atoms with Gasteiger partial charge in [0.2, 0.25) is 5.89 Å². The molecule has 1 aromatic heterocycles. The van der Waals surface area contributed by atoms with Gasteiger partial charge in [-0.1, -0.05) is 32.8 Å². The Hall–Kier alpha value is -1.14. The lowest BCUT2D eigenvalue weighted by Gasteiger charge is -2.28. The maximum atomic E-state index is 5.76. The Labute approximate surface area is 121 Å². The first kappa shape index (κ1) is 16.9. The number of anilines is 1. The fraction of sp³-hybridized carbons (Fsp3) is 0.857. The summed E-state index contributed by atoms with van der Waals surface area (Å²) in [4.78, 5) is 2.15. The summed E-state index contributed by atoms with van der Waals surface area (Å²) in [7, 11) is 1.71. The normalized spacial score (nSPS) is 11.6. The fourth-order valence-corrected chi connectivity index (χ4v) is 2.08. The zero-order chi connectivity index (χ0) is 15.0. The minimum absolute atomic E-state index is 0.397. The highest BCUT2D eigenvalue weighted by molar-refractivity contribution is 5.26. The van der Waals surface area contributed by atoms with Crippen LogP contribution in [0.1, 0.15) is 46.4 Å². The lowest BCUT2D eigenvalue weighted by Crippen LogP contribution is -2.37. The molecule has 0 saturated heterocycles. The minimum atomic E-state index is 0.397. The van der Waals surface area contributed by atoms with Gasteiger partial charge in [-0.3, -0.25) is 0 Å². The van der Waals surface area contributed by atoms with Gasteiger partial charge in [0, 0.05) is 25.7 Å². The molecule has 0 atom stereocenters. The number of hydrogen-bond acceptors (Lipinski definition) is 6. The van der Waals surface area contributed by atoms with Crippen LogP contribution in [0.25, 0.3) is 0 Å². The van der Waals surface area contributed by atoms with Crippen molar-refractivity contribution < 1.29 is 9.15 Å². The van der Waals surface area contributed by atoms with Crippen LogP contribution < -0.4 is 10.2 Å². The molecular weight excluding hydrogens is 256 g/mol. The summed E-state index contributed by atoms with van der Waals surface area (Å²) < 4.78 is 10.9. The summed E-state index contributed by atoms with van der Waals surface area (Å²) in [6.45, 7) is 10.5. The SMILES string of the molecule is CCC(CC)N(CCOC)c1nnc(CNC(C)C)o1. The number of nitrogens with zero attached hydrogens (tertiary/aromatic N) is 3. The molecule has 6 heteroatoms. The highest BCUT2D eigenvalue weighted by Crippen LogP contribution is 2.19. The molecule has 0 aliphatic carbocycles. The predicted molar refractivity (Wildman–Crippen MR) is 79.9 cm³/mol. The summed E-state index contributed by atoms with van der Waals surface area (Å²) in [5.41, 5.74) is 0. The average molecular weight is 284 g/mol. The van der Waals surface area contributed by atoms with Crippen LogP contribution in [-0.2, 0) is 11.3 Å². The summed E-state index contributed by atoms with van der Waals surface area (Å²) in [6.07, 6.45) is 2.09. The standard InChI is InChI=1S/C14H28N4O2/c1-6-12(7-2)18(8-9-19-5)14-17-16-13(20-14)10-15-11(3)4/h11-12,15H,6-10H2,1-5H3. The van der Waals surface area contributed by atoms with E-state index in [-0.39, 0.29) is 0 Å². The first-order chi connectivity index (χ1) is 9.62. The topological polar surface area (TPSA) is 63.4 Å². The van der Waals surface area contributed by atoms with E-state index >= 15 is 0 Å². The second-order valence-corrected chi connectivity index (χ2v) is 5.17. The van der Waals surface area contributed by atoms with Crippen molar-refractivity contribution in [3.63, 3.8) is 0 Å². The summed E-state index contributed by atoms with van der Waals surface area (Å²) in [5.74, 6) is 0.627. The van der Waals surface area contributed by atoms with Gasteiger partial charge in [-0.15, -0.1) is 5.10 Å². The quantitative estimate of drug-likeness (QED) is 0.710. The highest BCUT2D eigenvalue weighted by Gasteiger charge is 2.21. The largest absolute Gasteiger partial charge is 0.407 e. The molecule has 0 aliphatic rings. The molecule has 0 aromatic carbocycles. The number of hydrogen-bond donors (Lipinski definition) is 1. The van der Waals surface area contributed by atoms with Crippen molar-refractivity contribution in [3.05, 3.63) is 5.89 Å². The molecule has 0 unspecified atom stereocenters. The Kier molecular flexibility index (Phi) is 7.54. The molecule has 0 fully saturated rings. The van der Waals surface area contributed by atoms with Crippen molar-refractivity contribution in [2.45, 2.75) is 59.2 Å². The number of aromatic nitrogens is 2. The molecule has 1 rings (SSSR count). The summed E-state index contributed by atoms with van der Waals surface area (Å²) >= 11 is 0. The Bertz CT molecular complexity index is 364. The van der Waals surface area contributed by atoms with E-state index in [1.807, 2.05) is 0 Å². The van der Waals surface area contributed by atoms with Crippen LogP contribution in [0.3, 0.4) is 0 Å². The van der Waals surface area contributed by atoms with Crippen LogP contribution >= 0.6 is 0 Å². The van der Waals surface area contributed by atoms with Crippen LogP contribution in [0, 0.1) is 0 Å². The molecule has 6 nitrogen and oxygen atoms in total. The van der Waals surface area contributed by atoms with Gasteiger partial charge >= 0.3 is 6.01 Å². The third-order valence-electron chi connectivity index (χ3n) is 3.28. The second kappa shape index (κ2) is 8.92. The van der Waals surface area contributed by atoms with Crippen molar-refractivity contribution in [3.8, 4) is 0 Å². The molecule has 0 radical (unpaired) electrons. The minimum Gasteiger partial charge on any atom is -0.407 e. The van der Waals surface area contributed by atoms with Crippen LogP contribution in [0.2, 0.25) is 0 Å². The van der Waals surface area contributed by atoms with Crippen molar-refractivity contribution in [1.82, 2.24) is 15.5 Å². The fourth-order valence-electron chi connectivity index (χ4n) is 2.08. The molecule has 1 aromatic rings. The first-order valence-electron chi connectivity index (χ1n) is 7.43. The zero-order valence-electron chi connectivity index (χ0n) is 13.3. The Morgan fingerprint density at radius 1 is 1.25 bits per heavy atom. The molecule has 0 amide bonds. The van der Waals surface area contributed by atoms with Crippen LogP contribution in [-0.4, -0.2) is 42.5 Å². The number of ether oxygens (including phenoxy) is 1. The zero-order valence-corrected chi connectivity index (χ0v) is 13.3. The van der Waals surface area contributed by atoms with Crippen molar-refractivity contribution in [1.29, 1.82) is 0 Å². The van der Waals surface area contributed by atoms with Crippen molar-refractivity contribution >= 4 is 6.01 Å². The smallest absolute Gasteiger partial charge is 0.318 e. The Balaban J connectivity index is 2.74. The molecular formula is C14H28N4O2. The monoisotopic (exact) mass is 284 g/mol. The maximum absolute atomic E-state index is 5.76. The van der Waals surface area contributed by atoms with E-state index in [0.29, 0.717) is 37.1 Å². The number of methoxy groups -OCH3 is 1. The molecule has 1 heterocycles. The van der Waals surface area contributed by atoms with Crippen molar-refractivity contribution in [2.75, 3.05) is 25.2 Å². The Morgan fingerprint density at radius 3 is 2.50 bits per heavy atom. The van der Waals surface area contributed by atoms with Gasteiger partial charge in [-0.2, -0.15) is 0 Å². The van der Waals surface area contributed by atoms with Gasteiger partial charge < -0.3 is 19.4 Å². The molecule has 0 spiro atoms. The van der Waals surface area contributed by atoms with Gasteiger partial charge in [-0.25, -0.2) is 0 Å². The van der Waals surface area contributed by atoms with Gasteiger partial charge in [-0.05, 0) is 12.8 Å². The molecule has 20 heavy (non-hydrogen) atoms. The number of nitrogens with one attached hydrogen (secondary N) is 1. The summed E-state index contributed by atoms with van der Waals surface area (Å²) in [6, 6.07) is 1.39. The maximum Gasteiger partial charge on any atom is 0.318 e. The van der Waals surface area contributed by atoms with Gasteiger partial charge in [0.15, 0.2) is 0 Å². The van der Waals surface area contributed by atoms with E-state index < -0.39 is 0 Å². The third-order valence-corrected chi connectivity index (χ3v) is 3.28. The second-order valence-electron chi connectivity index (χ2n) is 5.17. The Morgan fingerprint density at radius 2 is 1.95 bits per heavy atom. The predicted octanol–water partition coefficient (Wildman–Crippen LogP) is 2.21. The van der Waals surface area contributed by atoms with Gasteiger partial charge in [0.25, 0.3) is 0 Å². The molecule has 1 N–H and O–H groups in total. The molecule has 116 valence electrons. The van der Waals surface area contributed by atoms with E-state index in [9.17, 15) is 0 Å². The third kappa shape index (κ3) is 5.09. The number of rotatable bonds is 10. The summed E-state index contributed by atoms with van der Waals surface area (Å²) in [5, 5.41) is 11.6. The average Bonchev–Trinajstić information content (AvgIpc) is 2.90. The van der Waals surface area contributed by atoms with E-state index in [1.54, 1.807) is 7.11 Å². The van der Waals surface area contributed by atoms with Crippen LogP contribution in [0.15, 0.2) is 4.42 Å². The lowest BCUT2D eigenvalue weighted by molar-refractivity contribution is 0.200. The van der Waals surface area contributed by atoms with E-state index in [1.165, 1.54) is 0 Å². The van der Waals surface area contributed by atoms with Crippen molar-refractivity contribution in [2.24, 2.45) is 0 Å². The lowest BCUT2D eigenvalue weighted by atomic mass is 10.1. The van der Waals surface area contributed by atoms with E-state index in [0.717, 1.165) is 19.4 Å². The molecule has 0 saturated carbocycles. The molecule has 0 aliphatic heterocycles. The molecule has 0 bridgehead atoms. The first-order valence-corrected chi connectivity index (χ1v) is 7.43.